The van der Waals surface area contributed by atoms with E-state index < -0.39 is 0 Å². The Morgan fingerprint density at radius 1 is 1.38 bits per heavy atom. The molecule has 1 aliphatic heterocycles. The molecule has 1 heterocycles. The Morgan fingerprint density at radius 2 is 2.12 bits per heavy atom. The average Bonchev–Trinajstić information content (AvgIpc) is 2.85. The molecule has 0 aliphatic carbocycles. The molecule has 3 N–H and O–H groups in total. The second-order valence-electron chi connectivity index (χ2n) is 2.96. The minimum Gasteiger partial charge on any atom is -0.496 e. The summed E-state index contributed by atoms with van der Waals surface area (Å²) in [5, 5.41) is 2.97. The van der Waals surface area contributed by atoms with Gasteiger partial charge in [0.15, 0.2) is 6.73 Å². The molecule has 0 aromatic heterocycles. The van der Waals surface area contributed by atoms with Gasteiger partial charge >= 0.3 is 0 Å². The lowest BCUT2D eigenvalue weighted by Crippen LogP contribution is -1.99. The van der Waals surface area contributed by atoms with Gasteiger partial charge in [-0.05, 0) is 12.1 Å². The maximum Gasteiger partial charge on any atom is 0.158 e. The fraction of sp³-hybridized carbons (Fsp3) is 0.333. The van der Waals surface area contributed by atoms with Gasteiger partial charge in [-0.1, -0.05) is 13.8 Å². The van der Waals surface area contributed by atoms with Gasteiger partial charge in [-0.3, -0.25) is 0 Å². The summed E-state index contributed by atoms with van der Waals surface area (Å²) >= 11 is 0. The molecule has 0 amide bonds. The van der Waals surface area contributed by atoms with Gasteiger partial charge in [-0.15, -0.1) is 0 Å². The molecule has 0 saturated heterocycles. The van der Waals surface area contributed by atoms with Crippen molar-refractivity contribution in [3.05, 3.63) is 30.0 Å². The molecule has 0 bridgehead atoms. The molecule has 1 aromatic carbocycles. The Bertz CT molecular complexity index is 375. The van der Waals surface area contributed by atoms with Crippen LogP contribution >= 0.6 is 0 Å². The highest BCUT2D eigenvalue weighted by Crippen LogP contribution is 2.29. The van der Waals surface area contributed by atoms with Crippen LogP contribution in [-0.4, -0.2) is 13.8 Å². The maximum absolute atomic E-state index is 5.65. The van der Waals surface area contributed by atoms with Crippen LogP contribution in [0.4, 0.5) is 5.69 Å². The normalized spacial score (nSPS) is 12.8. The van der Waals surface area contributed by atoms with Crippen molar-refractivity contribution in [2.45, 2.75) is 13.8 Å². The number of nitrogens with one attached hydrogen (secondary N) is 1. The van der Waals surface area contributed by atoms with Gasteiger partial charge in [0, 0.05) is 18.0 Å². The third-order valence-corrected chi connectivity index (χ3v) is 2.04. The first-order valence-electron chi connectivity index (χ1n) is 5.31. The molecule has 2 rings (SSSR count). The van der Waals surface area contributed by atoms with Crippen molar-refractivity contribution >= 4 is 11.4 Å². The molecule has 0 atom stereocenters. The lowest BCUT2D eigenvalue weighted by Gasteiger charge is -2.09. The third kappa shape index (κ3) is 2.59. The van der Waals surface area contributed by atoms with Gasteiger partial charge in [-0.2, -0.15) is 0 Å². The van der Waals surface area contributed by atoms with Crippen LogP contribution in [-0.2, 0) is 4.74 Å². The SMILES string of the molecule is CC.COc1cc(N)ccc1C1=CNCO1. The van der Waals surface area contributed by atoms with Crippen LogP contribution in [0.2, 0.25) is 0 Å². The highest BCUT2D eigenvalue weighted by Gasteiger charge is 2.13. The van der Waals surface area contributed by atoms with Crippen LogP contribution in [0, 0.1) is 0 Å². The zero-order valence-electron chi connectivity index (χ0n) is 9.91. The van der Waals surface area contributed by atoms with Gasteiger partial charge < -0.3 is 20.5 Å². The predicted octanol–water partition coefficient (Wildman–Crippen LogP) is 2.18. The maximum atomic E-state index is 5.65. The summed E-state index contributed by atoms with van der Waals surface area (Å²) in [6, 6.07) is 5.48. The van der Waals surface area contributed by atoms with E-state index in [4.69, 9.17) is 15.2 Å². The molecule has 1 aliphatic rings. The monoisotopic (exact) mass is 222 g/mol. The highest BCUT2D eigenvalue weighted by atomic mass is 16.5. The Labute approximate surface area is 96.0 Å². The first-order valence-corrected chi connectivity index (χ1v) is 5.31. The van der Waals surface area contributed by atoms with Gasteiger partial charge in [0.05, 0.1) is 12.7 Å². The van der Waals surface area contributed by atoms with E-state index in [1.165, 1.54) is 0 Å². The van der Waals surface area contributed by atoms with Crippen molar-refractivity contribution < 1.29 is 9.47 Å². The van der Waals surface area contributed by atoms with E-state index in [9.17, 15) is 0 Å². The van der Waals surface area contributed by atoms with E-state index in [-0.39, 0.29) is 0 Å². The van der Waals surface area contributed by atoms with Crippen molar-refractivity contribution in [3.8, 4) is 5.75 Å². The predicted molar refractivity (Wildman–Crippen MR) is 65.8 cm³/mol. The van der Waals surface area contributed by atoms with E-state index in [0.717, 1.165) is 17.1 Å². The number of methoxy groups -OCH3 is 1. The molecular weight excluding hydrogens is 204 g/mol. The fourth-order valence-electron chi connectivity index (χ4n) is 1.36. The Kier molecular flexibility index (Phi) is 4.51. The van der Waals surface area contributed by atoms with Crippen LogP contribution in [0.25, 0.3) is 5.76 Å². The summed E-state index contributed by atoms with van der Waals surface area (Å²) < 4.78 is 10.6. The second kappa shape index (κ2) is 5.90. The molecule has 88 valence electrons. The van der Waals surface area contributed by atoms with E-state index in [1.54, 1.807) is 13.2 Å². The summed E-state index contributed by atoms with van der Waals surface area (Å²) in [5.41, 5.74) is 7.23. The highest BCUT2D eigenvalue weighted by molar-refractivity contribution is 5.68. The molecule has 4 nitrogen and oxygen atoms in total. The van der Waals surface area contributed by atoms with Gasteiger partial charge in [-0.25, -0.2) is 0 Å². The number of benzene rings is 1. The molecule has 0 saturated carbocycles. The van der Waals surface area contributed by atoms with Gasteiger partial charge in [0.2, 0.25) is 0 Å². The first kappa shape index (κ1) is 12.2. The Morgan fingerprint density at radius 3 is 2.69 bits per heavy atom. The molecule has 0 spiro atoms. The quantitative estimate of drug-likeness (QED) is 0.753. The number of rotatable bonds is 2. The Balaban J connectivity index is 0.000000606. The fourth-order valence-corrected chi connectivity index (χ4v) is 1.36. The molecule has 0 radical (unpaired) electrons. The van der Waals surface area contributed by atoms with Crippen molar-refractivity contribution in [1.29, 1.82) is 0 Å². The second-order valence-corrected chi connectivity index (χ2v) is 2.96. The summed E-state index contributed by atoms with van der Waals surface area (Å²) in [4.78, 5) is 0. The van der Waals surface area contributed by atoms with Crippen molar-refractivity contribution in [1.82, 2.24) is 5.32 Å². The number of nitrogen functional groups attached to an aromatic ring is 1. The van der Waals surface area contributed by atoms with Crippen LogP contribution < -0.4 is 15.8 Å². The molecule has 0 fully saturated rings. The van der Waals surface area contributed by atoms with Crippen LogP contribution in [0.3, 0.4) is 0 Å². The number of ether oxygens (including phenoxy) is 2. The summed E-state index contributed by atoms with van der Waals surface area (Å²) in [6.45, 7) is 4.50. The van der Waals surface area contributed by atoms with Crippen LogP contribution in [0.5, 0.6) is 5.75 Å². The zero-order valence-corrected chi connectivity index (χ0v) is 9.91. The van der Waals surface area contributed by atoms with Gasteiger partial charge in [0.25, 0.3) is 0 Å². The topological polar surface area (TPSA) is 56.5 Å². The minimum atomic E-state index is 0.503. The van der Waals surface area contributed by atoms with E-state index in [2.05, 4.69) is 5.32 Å². The van der Waals surface area contributed by atoms with E-state index >= 15 is 0 Å². The van der Waals surface area contributed by atoms with Gasteiger partial charge in [0.1, 0.15) is 11.5 Å². The zero-order chi connectivity index (χ0) is 12.0. The third-order valence-electron chi connectivity index (χ3n) is 2.04. The lowest BCUT2D eigenvalue weighted by molar-refractivity contribution is 0.289. The number of hydrogen-bond acceptors (Lipinski definition) is 4. The van der Waals surface area contributed by atoms with Crippen molar-refractivity contribution in [3.63, 3.8) is 0 Å². The first-order chi connectivity index (χ1) is 7.81. The van der Waals surface area contributed by atoms with Crippen molar-refractivity contribution in [2.75, 3.05) is 19.6 Å². The summed E-state index contributed by atoms with van der Waals surface area (Å²) in [7, 11) is 1.61. The standard InChI is InChI=1S/C10H12N2O2.C2H6/c1-13-9-4-7(11)2-3-8(9)10-5-12-6-14-10;1-2/h2-5,12H,6,11H2,1H3;1-2H3. The Hall–Kier alpha value is -1.84. The summed E-state index contributed by atoms with van der Waals surface area (Å²) in [5.74, 6) is 1.50. The van der Waals surface area contributed by atoms with E-state index in [1.807, 2.05) is 32.2 Å². The van der Waals surface area contributed by atoms with E-state index in [0.29, 0.717) is 12.4 Å². The number of nitrogens with two attached hydrogens (primary N) is 1. The van der Waals surface area contributed by atoms with Crippen molar-refractivity contribution in [2.24, 2.45) is 0 Å². The minimum absolute atomic E-state index is 0.503. The molecular formula is C12H18N2O2. The molecule has 4 heteroatoms. The molecule has 1 aromatic rings. The molecule has 0 unspecified atom stereocenters. The average molecular weight is 222 g/mol. The van der Waals surface area contributed by atoms with Crippen LogP contribution in [0.15, 0.2) is 24.4 Å². The summed E-state index contributed by atoms with van der Waals surface area (Å²) in [6.07, 6.45) is 1.81. The smallest absolute Gasteiger partial charge is 0.158 e. The van der Waals surface area contributed by atoms with Crippen LogP contribution in [0.1, 0.15) is 19.4 Å². The molecule has 16 heavy (non-hydrogen) atoms. The lowest BCUT2D eigenvalue weighted by atomic mass is 10.1. The number of anilines is 1. The number of hydrogen-bond donors (Lipinski definition) is 2. The largest absolute Gasteiger partial charge is 0.496 e.